The van der Waals surface area contributed by atoms with Gasteiger partial charge in [0.25, 0.3) is 0 Å². The number of fused-ring (bicyclic) bond motifs is 1. The van der Waals surface area contributed by atoms with E-state index >= 15 is 0 Å². The van der Waals surface area contributed by atoms with E-state index in [-0.39, 0.29) is 6.61 Å². The van der Waals surface area contributed by atoms with Crippen LogP contribution in [0.3, 0.4) is 0 Å². The van der Waals surface area contributed by atoms with Gasteiger partial charge in [0.1, 0.15) is 5.69 Å². The zero-order valence-corrected chi connectivity index (χ0v) is 15.1. The van der Waals surface area contributed by atoms with Crippen molar-refractivity contribution in [2.24, 2.45) is 0 Å². The number of benzene rings is 2. The number of halogens is 2. The zero-order valence-electron chi connectivity index (χ0n) is 13.6. The molecule has 0 aliphatic heterocycles. The molecule has 25 heavy (non-hydrogen) atoms. The van der Waals surface area contributed by atoms with E-state index in [0.717, 1.165) is 22.0 Å². The van der Waals surface area contributed by atoms with Crippen molar-refractivity contribution in [2.45, 2.75) is 20.1 Å². The smallest absolute Gasteiger partial charge is 0.354 e. The second-order valence-electron chi connectivity index (χ2n) is 5.59. The molecule has 3 rings (SSSR count). The van der Waals surface area contributed by atoms with Gasteiger partial charge in [-0.15, -0.1) is 0 Å². The van der Waals surface area contributed by atoms with Gasteiger partial charge >= 0.3 is 5.97 Å². The van der Waals surface area contributed by atoms with Gasteiger partial charge in [0.05, 0.1) is 23.3 Å². The number of rotatable bonds is 5. The molecule has 3 aromatic rings. The standard InChI is InChI=1S/C19H17Cl2NO3/c1-2-25-19(24)18-9-14-13(11-23)4-3-5-17(14)22(18)10-12-6-7-15(20)16(21)8-12/h3-9,23H,2,10-11H2,1H3. The molecule has 0 bridgehead atoms. The van der Waals surface area contributed by atoms with Crippen molar-refractivity contribution in [1.29, 1.82) is 0 Å². The van der Waals surface area contributed by atoms with E-state index in [1.807, 2.05) is 28.8 Å². The molecule has 1 N–H and O–H groups in total. The van der Waals surface area contributed by atoms with Gasteiger partial charge in [0, 0.05) is 17.4 Å². The average molecular weight is 378 g/mol. The van der Waals surface area contributed by atoms with Gasteiger partial charge in [-0.3, -0.25) is 0 Å². The molecule has 0 saturated heterocycles. The molecule has 0 aliphatic rings. The summed E-state index contributed by atoms with van der Waals surface area (Å²) in [5.41, 5.74) is 2.95. The first-order valence-corrected chi connectivity index (χ1v) is 8.63. The zero-order chi connectivity index (χ0) is 18.0. The molecule has 1 heterocycles. The van der Waals surface area contributed by atoms with Crippen LogP contribution in [0.1, 0.15) is 28.5 Å². The van der Waals surface area contributed by atoms with Crippen LogP contribution in [0.25, 0.3) is 10.9 Å². The summed E-state index contributed by atoms with van der Waals surface area (Å²) in [6.07, 6.45) is 0. The Labute approximate surface area is 155 Å². The summed E-state index contributed by atoms with van der Waals surface area (Å²) in [6.45, 7) is 2.39. The molecule has 6 heteroatoms. The lowest BCUT2D eigenvalue weighted by Crippen LogP contribution is -2.12. The first-order chi connectivity index (χ1) is 12.0. The van der Waals surface area contributed by atoms with E-state index in [9.17, 15) is 9.90 Å². The molecule has 0 amide bonds. The molecule has 0 atom stereocenters. The number of hydrogen-bond acceptors (Lipinski definition) is 3. The maximum atomic E-state index is 12.4. The van der Waals surface area contributed by atoms with E-state index in [2.05, 4.69) is 0 Å². The predicted molar refractivity (Wildman–Crippen MR) is 99.4 cm³/mol. The summed E-state index contributed by atoms with van der Waals surface area (Å²) in [6, 6.07) is 12.7. The van der Waals surface area contributed by atoms with E-state index in [1.54, 1.807) is 25.1 Å². The van der Waals surface area contributed by atoms with Crippen molar-refractivity contribution in [1.82, 2.24) is 4.57 Å². The van der Waals surface area contributed by atoms with Gasteiger partial charge < -0.3 is 14.4 Å². The Morgan fingerprint density at radius 1 is 1.16 bits per heavy atom. The van der Waals surface area contributed by atoms with Crippen molar-refractivity contribution in [3.63, 3.8) is 0 Å². The number of aliphatic hydroxyl groups excluding tert-OH is 1. The molecule has 0 aliphatic carbocycles. The van der Waals surface area contributed by atoms with Gasteiger partial charge in [-0.05, 0) is 42.3 Å². The van der Waals surface area contributed by atoms with E-state index in [1.165, 1.54) is 0 Å². The maximum Gasteiger partial charge on any atom is 0.354 e. The number of nitrogens with zero attached hydrogens (tertiary/aromatic N) is 1. The summed E-state index contributed by atoms with van der Waals surface area (Å²) in [7, 11) is 0. The molecule has 4 nitrogen and oxygen atoms in total. The Bertz CT molecular complexity index is 934. The number of carbonyl (C=O) groups excluding carboxylic acids is 1. The Hall–Kier alpha value is -2.01. The second kappa shape index (κ2) is 7.48. The largest absolute Gasteiger partial charge is 0.461 e. The van der Waals surface area contributed by atoms with Crippen LogP contribution < -0.4 is 0 Å². The SMILES string of the molecule is CCOC(=O)c1cc2c(CO)cccc2n1Cc1ccc(Cl)c(Cl)c1. The molecule has 0 fully saturated rings. The Balaban J connectivity index is 2.14. The molecule has 2 aromatic carbocycles. The predicted octanol–water partition coefficient (Wildman–Crippen LogP) is 4.67. The number of hydrogen-bond donors (Lipinski definition) is 1. The Kier molecular flexibility index (Phi) is 5.33. The first kappa shape index (κ1) is 17.8. The maximum absolute atomic E-state index is 12.4. The summed E-state index contributed by atoms with van der Waals surface area (Å²) in [5, 5.41) is 11.3. The summed E-state index contributed by atoms with van der Waals surface area (Å²) in [4.78, 5) is 12.4. The molecular weight excluding hydrogens is 361 g/mol. The van der Waals surface area contributed by atoms with Gasteiger partial charge in [-0.25, -0.2) is 4.79 Å². The molecule has 0 radical (unpaired) electrons. The van der Waals surface area contributed by atoms with Crippen LogP contribution in [-0.2, 0) is 17.9 Å². The van der Waals surface area contributed by atoms with Crippen molar-refractivity contribution in [2.75, 3.05) is 6.61 Å². The van der Waals surface area contributed by atoms with E-state index in [4.69, 9.17) is 27.9 Å². The van der Waals surface area contributed by atoms with Crippen molar-refractivity contribution in [3.05, 3.63) is 69.3 Å². The third-order valence-electron chi connectivity index (χ3n) is 4.02. The van der Waals surface area contributed by atoms with Crippen LogP contribution in [0.2, 0.25) is 10.0 Å². The van der Waals surface area contributed by atoms with Crippen molar-refractivity contribution < 1.29 is 14.6 Å². The number of ether oxygens (including phenoxy) is 1. The molecule has 0 unspecified atom stereocenters. The van der Waals surface area contributed by atoms with Gasteiger partial charge in [0.15, 0.2) is 0 Å². The third-order valence-corrected chi connectivity index (χ3v) is 4.75. The lowest BCUT2D eigenvalue weighted by atomic mass is 10.1. The molecular formula is C19H17Cl2NO3. The highest BCUT2D eigenvalue weighted by molar-refractivity contribution is 6.42. The normalized spacial score (nSPS) is 11.0. The minimum absolute atomic E-state index is 0.101. The topological polar surface area (TPSA) is 51.5 Å². The number of aliphatic hydroxyl groups is 1. The summed E-state index contributed by atoms with van der Waals surface area (Å²) in [5.74, 6) is -0.400. The van der Waals surface area contributed by atoms with Crippen molar-refractivity contribution >= 4 is 40.1 Å². The van der Waals surface area contributed by atoms with Crippen LogP contribution >= 0.6 is 23.2 Å². The van der Waals surface area contributed by atoms with Gasteiger partial charge in [0.2, 0.25) is 0 Å². The molecule has 0 saturated carbocycles. The van der Waals surface area contributed by atoms with Crippen molar-refractivity contribution in [3.8, 4) is 0 Å². The van der Waals surface area contributed by atoms with Crippen LogP contribution in [0.5, 0.6) is 0 Å². The second-order valence-corrected chi connectivity index (χ2v) is 6.41. The van der Waals surface area contributed by atoms with Crippen LogP contribution in [0.15, 0.2) is 42.5 Å². The first-order valence-electron chi connectivity index (χ1n) is 7.88. The van der Waals surface area contributed by atoms with Gasteiger partial charge in [-0.2, -0.15) is 0 Å². The fraction of sp³-hybridized carbons (Fsp3) is 0.211. The summed E-state index contributed by atoms with van der Waals surface area (Å²) >= 11 is 12.1. The highest BCUT2D eigenvalue weighted by atomic mass is 35.5. The number of aromatic nitrogens is 1. The fourth-order valence-electron chi connectivity index (χ4n) is 2.85. The number of esters is 1. The third kappa shape index (κ3) is 3.52. The fourth-order valence-corrected chi connectivity index (χ4v) is 3.17. The van der Waals surface area contributed by atoms with Crippen LogP contribution in [-0.4, -0.2) is 22.2 Å². The van der Waals surface area contributed by atoms with E-state index < -0.39 is 5.97 Å². The highest BCUT2D eigenvalue weighted by Crippen LogP contribution is 2.27. The number of carbonyl (C=O) groups is 1. The highest BCUT2D eigenvalue weighted by Gasteiger charge is 2.18. The van der Waals surface area contributed by atoms with Crippen LogP contribution in [0, 0.1) is 0 Å². The Morgan fingerprint density at radius 3 is 2.64 bits per heavy atom. The summed E-state index contributed by atoms with van der Waals surface area (Å²) < 4.78 is 7.05. The minimum Gasteiger partial charge on any atom is -0.461 e. The minimum atomic E-state index is -0.400. The molecule has 130 valence electrons. The lowest BCUT2D eigenvalue weighted by molar-refractivity contribution is 0.0515. The lowest BCUT2D eigenvalue weighted by Gasteiger charge is -2.11. The molecule has 1 aromatic heterocycles. The Morgan fingerprint density at radius 2 is 1.96 bits per heavy atom. The molecule has 0 spiro atoms. The quantitative estimate of drug-likeness (QED) is 0.657. The van der Waals surface area contributed by atoms with Gasteiger partial charge in [-0.1, -0.05) is 41.4 Å². The van der Waals surface area contributed by atoms with Crippen LogP contribution in [0.4, 0.5) is 0 Å². The van der Waals surface area contributed by atoms with E-state index in [0.29, 0.717) is 28.9 Å². The monoisotopic (exact) mass is 377 g/mol. The average Bonchev–Trinajstić information content (AvgIpc) is 2.97.